The monoisotopic (exact) mass is 346 g/mol. The number of nitrogens with zero attached hydrogens (tertiary/aromatic N) is 4. The summed E-state index contributed by atoms with van der Waals surface area (Å²) in [5, 5.41) is 8.17. The summed E-state index contributed by atoms with van der Waals surface area (Å²) < 4.78 is 43.9. The molecule has 1 aromatic heterocycles. The number of carbonyl (C=O) groups is 1. The van der Waals surface area contributed by atoms with E-state index in [2.05, 4.69) is 10.3 Å². The number of amides is 1. The van der Waals surface area contributed by atoms with Gasteiger partial charge in [-0.05, 0) is 25.7 Å². The lowest BCUT2D eigenvalue weighted by Gasteiger charge is -2.39. The number of halogens is 3. The van der Waals surface area contributed by atoms with Gasteiger partial charge in [0.05, 0.1) is 25.3 Å². The third kappa shape index (κ3) is 3.71. The second-order valence-corrected chi connectivity index (χ2v) is 6.55. The van der Waals surface area contributed by atoms with Crippen molar-refractivity contribution in [1.82, 2.24) is 19.9 Å². The van der Waals surface area contributed by atoms with Crippen LogP contribution in [0.25, 0.3) is 0 Å². The van der Waals surface area contributed by atoms with Crippen molar-refractivity contribution in [3.05, 3.63) is 11.9 Å². The first-order chi connectivity index (χ1) is 11.4. The first kappa shape index (κ1) is 17.2. The lowest BCUT2D eigenvalue weighted by atomic mass is 9.97. The summed E-state index contributed by atoms with van der Waals surface area (Å²) >= 11 is 0. The number of methoxy groups -OCH3 is 1. The first-order valence-corrected chi connectivity index (χ1v) is 8.15. The van der Waals surface area contributed by atoms with E-state index in [-0.39, 0.29) is 24.0 Å². The largest absolute Gasteiger partial charge is 0.389 e. The molecule has 1 amide bonds. The van der Waals surface area contributed by atoms with Crippen LogP contribution < -0.4 is 0 Å². The van der Waals surface area contributed by atoms with Crippen molar-refractivity contribution in [1.29, 1.82) is 0 Å². The van der Waals surface area contributed by atoms with Crippen LogP contribution in [0.1, 0.15) is 50.3 Å². The molecule has 0 N–H and O–H groups in total. The van der Waals surface area contributed by atoms with E-state index in [0.717, 1.165) is 18.5 Å². The Kier molecular flexibility index (Phi) is 4.80. The SMILES string of the molecule is COCc1cn(C2CC3CCC(C2)N3C(=O)CCC(F)(F)F)nn1. The first-order valence-electron chi connectivity index (χ1n) is 8.15. The number of alkyl halides is 3. The molecule has 6 nitrogen and oxygen atoms in total. The number of fused-ring (bicyclic) bond motifs is 2. The van der Waals surface area contributed by atoms with Gasteiger partial charge in [-0.25, -0.2) is 4.68 Å². The highest BCUT2D eigenvalue weighted by atomic mass is 19.4. The Balaban J connectivity index is 1.62. The second kappa shape index (κ2) is 6.70. The molecule has 2 fully saturated rings. The zero-order valence-corrected chi connectivity index (χ0v) is 13.5. The number of hydrogen-bond acceptors (Lipinski definition) is 4. The zero-order valence-electron chi connectivity index (χ0n) is 13.5. The van der Waals surface area contributed by atoms with Gasteiger partial charge in [-0.15, -0.1) is 5.10 Å². The van der Waals surface area contributed by atoms with E-state index in [4.69, 9.17) is 4.74 Å². The normalized spacial score (nSPS) is 26.8. The van der Waals surface area contributed by atoms with Gasteiger partial charge >= 0.3 is 6.18 Å². The zero-order chi connectivity index (χ0) is 17.3. The standard InChI is InChI=1S/C15H21F3N4O2/c1-24-9-10-8-21(20-19-10)13-6-11-2-3-12(7-13)22(11)14(23)4-5-15(16,17)18/h8,11-13H,2-7,9H2,1H3. The van der Waals surface area contributed by atoms with Crippen molar-refractivity contribution in [3.8, 4) is 0 Å². The highest BCUT2D eigenvalue weighted by molar-refractivity contribution is 5.77. The number of hydrogen-bond donors (Lipinski definition) is 0. The van der Waals surface area contributed by atoms with Crippen LogP contribution in [0.2, 0.25) is 0 Å². The fourth-order valence-electron chi connectivity index (χ4n) is 3.86. The van der Waals surface area contributed by atoms with Gasteiger partial charge < -0.3 is 9.64 Å². The number of aromatic nitrogens is 3. The molecule has 2 unspecified atom stereocenters. The molecule has 2 aliphatic heterocycles. The van der Waals surface area contributed by atoms with E-state index in [1.54, 1.807) is 16.7 Å². The molecule has 0 saturated carbocycles. The highest BCUT2D eigenvalue weighted by Crippen LogP contribution is 2.41. The summed E-state index contributed by atoms with van der Waals surface area (Å²) in [4.78, 5) is 13.9. The molecule has 0 aromatic carbocycles. The van der Waals surface area contributed by atoms with Crippen molar-refractivity contribution < 1.29 is 22.7 Å². The lowest BCUT2D eigenvalue weighted by molar-refractivity contribution is -0.152. The van der Waals surface area contributed by atoms with Gasteiger partial charge in [0.1, 0.15) is 5.69 Å². The van der Waals surface area contributed by atoms with Gasteiger partial charge in [-0.1, -0.05) is 5.21 Å². The summed E-state index contributed by atoms with van der Waals surface area (Å²) in [7, 11) is 1.59. The average Bonchev–Trinajstić information content (AvgIpc) is 3.07. The maximum Gasteiger partial charge on any atom is 0.389 e. The molecule has 2 aliphatic rings. The van der Waals surface area contributed by atoms with Crippen LogP contribution in [0.5, 0.6) is 0 Å². The molecule has 3 rings (SSSR count). The van der Waals surface area contributed by atoms with E-state index >= 15 is 0 Å². The van der Waals surface area contributed by atoms with E-state index < -0.39 is 19.0 Å². The Morgan fingerprint density at radius 2 is 1.96 bits per heavy atom. The molecular formula is C15H21F3N4O2. The molecule has 134 valence electrons. The third-order valence-electron chi connectivity index (χ3n) is 4.84. The molecule has 2 atom stereocenters. The van der Waals surface area contributed by atoms with Crippen LogP contribution in [0, 0.1) is 0 Å². The molecule has 24 heavy (non-hydrogen) atoms. The quantitative estimate of drug-likeness (QED) is 0.822. The minimum atomic E-state index is -4.29. The van der Waals surface area contributed by atoms with Crippen molar-refractivity contribution in [3.63, 3.8) is 0 Å². The lowest BCUT2D eigenvalue weighted by Crippen LogP contribution is -2.47. The third-order valence-corrected chi connectivity index (χ3v) is 4.84. The van der Waals surface area contributed by atoms with Crippen LogP contribution in [0.15, 0.2) is 6.20 Å². The van der Waals surface area contributed by atoms with Crippen LogP contribution in [-0.2, 0) is 16.1 Å². The summed E-state index contributed by atoms with van der Waals surface area (Å²) in [6.07, 6.45) is -0.831. The highest BCUT2D eigenvalue weighted by Gasteiger charge is 2.44. The maximum absolute atomic E-state index is 12.3. The van der Waals surface area contributed by atoms with Gasteiger partial charge in [-0.2, -0.15) is 13.2 Å². The Morgan fingerprint density at radius 3 is 2.54 bits per heavy atom. The number of carbonyl (C=O) groups excluding carboxylic acids is 1. The minimum Gasteiger partial charge on any atom is -0.378 e. The molecule has 0 radical (unpaired) electrons. The Hall–Kier alpha value is -1.64. The van der Waals surface area contributed by atoms with Gasteiger partial charge in [0.25, 0.3) is 0 Å². The van der Waals surface area contributed by atoms with Crippen LogP contribution >= 0.6 is 0 Å². The molecular weight excluding hydrogens is 325 g/mol. The summed E-state index contributed by atoms with van der Waals surface area (Å²) in [6, 6.07) is 0.140. The minimum absolute atomic E-state index is 0.00422. The van der Waals surface area contributed by atoms with Crippen LogP contribution in [-0.4, -0.2) is 51.2 Å². The maximum atomic E-state index is 12.3. The predicted octanol–water partition coefficient (Wildman–Crippen LogP) is 2.46. The van der Waals surface area contributed by atoms with Crippen molar-refractivity contribution >= 4 is 5.91 Å². The molecule has 0 spiro atoms. The fraction of sp³-hybridized carbons (Fsp3) is 0.800. The Labute approximate surface area is 137 Å². The number of ether oxygens (including phenoxy) is 1. The topological polar surface area (TPSA) is 60.2 Å². The van der Waals surface area contributed by atoms with E-state index in [1.807, 2.05) is 6.20 Å². The molecule has 2 saturated heterocycles. The Morgan fingerprint density at radius 1 is 1.29 bits per heavy atom. The summed E-state index contributed by atoms with van der Waals surface area (Å²) in [5.41, 5.74) is 0.744. The van der Waals surface area contributed by atoms with Crippen LogP contribution in [0.3, 0.4) is 0 Å². The van der Waals surface area contributed by atoms with Crippen LogP contribution in [0.4, 0.5) is 13.2 Å². The molecule has 0 aliphatic carbocycles. The van der Waals surface area contributed by atoms with Gasteiger partial charge in [0, 0.05) is 25.6 Å². The van der Waals surface area contributed by atoms with E-state index in [0.29, 0.717) is 19.4 Å². The van der Waals surface area contributed by atoms with Crippen molar-refractivity contribution in [2.24, 2.45) is 0 Å². The van der Waals surface area contributed by atoms with Gasteiger partial charge in [0.2, 0.25) is 5.91 Å². The van der Waals surface area contributed by atoms with Gasteiger partial charge in [0.15, 0.2) is 0 Å². The molecule has 9 heteroatoms. The smallest absolute Gasteiger partial charge is 0.378 e. The summed E-state index contributed by atoms with van der Waals surface area (Å²) in [6.45, 7) is 0.391. The Bertz CT molecular complexity index is 576. The predicted molar refractivity (Wildman–Crippen MR) is 78.0 cm³/mol. The number of rotatable bonds is 5. The van der Waals surface area contributed by atoms with E-state index in [1.165, 1.54) is 0 Å². The fourth-order valence-corrected chi connectivity index (χ4v) is 3.86. The average molecular weight is 346 g/mol. The summed E-state index contributed by atoms with van der Waals surface area (Å²) in [5.74, 6) is -0.378. The van der Waals surface area contributed by atoms with Crippen molar-refractivity contribution in [2.75, 3.05) is 7.11 Å². The number of piperidine rings is 1. The molecule has 3 heterocycles. The van der Waals surface area contributed by atoms with E-state index in [9.17, 15) is 18.0 Å². The van der Waals surface area contributed by atoms with Crippen molar-refractivity contribution in [2.45, 2.75) is 69.4 Å². The second-order valence-electron chi connectivity index (χ2n) is 6.55. The molecule has 2 bridgehead atoms. The van der Waals surface area contributed by atoms with Gasteiger partial charge in [-0.3, -0.25) is 4.79 Å². The molecule has 1 aromatic rings.